The molecule has 1 N–H and O–H groups in total. The van der Waals surface area contributed by atoms with E-state index < -0.39 is 0 Å². The predicted octanol–water partition coefficient (Wildman–Crippen LogP) is 4.30. The second kappa shape index (κ2) is 8.54. The normalized spacial score (nSPS) is 12.2. The average molecular weight is 332 g/mol. The number of ketones is 1. The minimum Gasteiger partial charge on any atom is -0.310 e. The van der Waals surface area contributed by atoms with E-state index in [9.17, 15) is 4.79 Å². The van der Waals surface area contributed by atoms with Crippen LogP contribution in [0, 0.1) is 0 Å². The van der Waals surface area contributed by atoms with Gasteiger partial charge in [-0.1, -0.05) is 42.5 Å². The van der Waals surface area contributed by atoms with Crippen LogP contribution in [0.15, 0.2) is 67.0 Å². The molecule has 1 aromatic heterocycles. The van der Waals surface area contributed by atoms with Crippen LogP contribution in [0.3, 0.4) is 0 Å². The zero-order valence-electron chi connectivity index (χ0n) is 14.6. The van der Waals surface area contributed by atoms with Gasteiger partial charge < -0.3 is 5.32 Å². The van der Waals surface area contributed by atoms with E-state index in [1.165, 1.54) is 10.9 Å². The third-order valence-corrected chi connectivity index (χ3v) is 4.46. The fourth-order valence-electron chi connectivity index (χ4n) is 2.93. The fraction of sp³-hybridized carbons (Fsp3) is 0.273. The summed E-state index contributed by atoms with van der Waals surface area (Å²) in [6, 6.07) is 18.7. The van der Waals surface area contributed by atoms with Crippen molar-refractivity contribution in [2.75, 3.05) is 0 Å². The smallest absolute Gasteiger partial charge is 0.137 e. The third kappa shape index (κ3) is 5.23. The maximum Gasteiger partial charge on any atom is 0.137 e. The SMILES string of the molecule is C[C@H](CCC(=O)Cc1ccccc1)NCc1ccc2cnccc2c1. The first-order valence-corrected chi connectivity index (χ1v) is 8.82. The number of carbonyl (C=O) groups excluding carboxylic acids is 1. The van der Waals surface area contributed by atoms with Crippen LogP contribution in [-0.2, 0) is 17.8 Å². The molecule has 128 valence electrons. The molecule has 0 aliphatic carbocycles. The molecule has 0 amide bonds. The van der Waals surface area contributed by atoms with E-state index in [1.54, 1.807) is 0 Å². The van der Waals surface area contributed by atoms with Crippen LogP contribution in [0.1, 0.15) is 30.9 Å². The highest BCUT2D eigenvalue weighted by molar-refractivity contribution is 5.82. The summed E-state index contributed by atoms with van der Waals surface area (Å²) >= 11 is 0. The van der Waals surface area contributed by atoms with Crippen LogP contribution < -0.4 is 5.32 Å². The molecule has 3 heteroatoms. The summed E-state index contributed by atoms with van der Waals surface area (Å²) in [5.74, 6) is 0.304. The van der Waals surface area contributed by atoms with Crippen molar-refractivity contribution in [2.45, 2.75) is 38.8 Å². The molecule has 25 heavy (non-hydrogen) atoms. The molecule has 0 fully saturated rings. The number of nitrogens with zero attached hydrogens (tertiary/aromatic N) is 1. The number of pyridine rings is 1. The summed E-state index contributed by atoms with van der Waals surface area (Å²) in [4.78, 5) is 16.2. The summed E-state index contributed by atoms with van der Waals surface area (Å²) in [5.41, 5.74) is 2.35. The fourth-order valence-corrected chi connectivity index (χ4v) is 2.93. The lowest BCUT2D eigenvalue weighted by Crippen LogP contribution is -2.26. The van der Waals surface area contributed by atoms with Gasteiger partial charge in [-0.05, 0) is 42.0 Å². The summed E-state index contributed by atoms with van der Waals surface area (Å²) in [7, 11) is 0. The Hall–Kier alpha value is -2.52. The highest BCUT2D eigenvalue weighted by atomic mass is 16.1. The molecule has 3 rings (SSSR count). The van der Waals surface area contributed by atoms with Gasteiger partial charge in [-0.15, -0.1) is 0 Å². The van der Waals surface area contributed by atoms with E-state index in [1.807, 2.05) is 48.8 Å². The van der Waals surface area contributed by atoms with E-state index in [4.69, 9.17) is 0 Å². The first-order chi connectivity index (χ1) is 12.2. The Morgan fingerprint density at radius 3 is 2.72 bits per heavy atom. The van der Waals surface area contributed by atoms with E-state index in [0.717, 1.165) is 23.9 Å². The van der Waals surface area contributed by atoms with Crippen molar-refractivity contribution in [3.63, 3.8) is 0 Å². The minimum atomic E-state index is 0.304. The van der Waals surface area contributed by atoms with Gasteiger partial charge in [0.15, 0.2) is 0 Å². The van der Waals surface area contributed by atoms with Gasteiger partial charge in [-0.25, -0.2) is 0 Å². The molecule has 3 nitrogen and oxygen atoms in total. The molecule has 1 heterocycles. The Balaban J connectivity index is 1.44. The first kappa shape index (κ1) is 17.3. The number of hydrogen-bond donors (Lipinski definition) is 1. The Morgan fingerprint density at radius 2 is 1.88 bits per heavy atom. The number of carbonyl (C=O) groups is 1. The minimum absolute atomic E-state index is 0.304. The molecule has 0 spiro atoms. The molecule has 0 unspecified atom stereocenters. The van der Waals surface area contributed by atoms with Gasteiger partial charge in [0.05, 0.1) is 0 Å². The second-order valence-corrected chi connectivity index (χ2v) is 6.58. The van der Waals surface area contributed by atoms with Gasteiger partial charge in [0.2, 0.25) is 0 Å². The standard InChI is InChI=1S/C22H24N2O/c1-17(7-10-22(25)14-18-5-3-2-4-6-18)24-15-19-8-9-21-16-23-12-11-20(21)13-19/h2-6,8-9,11-13,16-17,24H,7,10,14-15H2,1H3/t17-/m1/s1. The highest BCUT2D eigenvalue weighted by Crippen LogP contribution is 2.14. The molecule has 3 aromatic rings. The predicted molar refractivity (Wildman–Crippen MR) is 102 cm³/mol. The van der Waals surface area contributed by atoms with Gasteiger partial charge in [0, 0.05) is 43.2 Å². The number of nitrogens with one attached hydrogen (secondary N) is 1. The van der Waals surface area contributed by atoms with Gasteiger partial charge in [-0.3, -0.25) is 9.78 Å². The van der Waals surface area contributed by atoms with E-state index in [0.29, 0.717) is 24.7 Å². The molecule has 0 saturated carbocycles. The summed E-state index contributed by atoms with van der Waals surface area (Å²) in [6.07, 6.45) is 5.72. The Morgan fingerprint density at radius 1 is 1.04 bits per heavy atom. The molecule has 0 bridgehead atoms. The van der Waals surface area contributed by atoms with Crippen molar-refractivity contribution in [3.05, 3.63) is 78.1 Å². The van der Waals surface area contributed by atoms with Crippen molar-refractivity contribution >= 4 is 16.6 Å². The Bertz CT molecular complexity index is 830. The molecule has 0 aliphatic rings. The van der Waals surface area contributed by atoms with Crippen LogP contribution in [0.2, 0.25) is 0 Å². The lowest BCUT2D eigenvalue weighted by Gasteiger charge is -2.14. The van der Waals surface area contributed by atoms with Crippen molar-refractivity contribution in [2.24, 2.45) is 0 Å². The molecular weight excluding hydrogens is 308 g/mol. The molecule has 0 saturated heterocycles. The van der Waals surface area contributed by atoms with Crippen LogP contribution >= 0.6 is 0 Å². The summed E-state index contributed by atoms with van der Waals surface area (Å²) in [6.45, 7) is 2.95. The maximum absolute atomic E-state index is 12.1. The molecular formula is C22H24N2O. The van der Waals surface area contributed by atoms with Crippen molar-refractivity contribution < 1.29 is 4.79 Å². The zero-order chi connectivity index (χ0) is 17.5. The Labute approximate surface area is 149 Å². The number of rotatable bonds is 8. The molecule has 0 radical (unpaired) electrons. The number of hydrogen-bond acceptors (Lipinski definition) is 3. The average Bonchev–Trinajstić information content (AvgIpc) is 2.65. The highest BCUT2D eigenvalue weighted by Gasteiger charge is 2.08. The third-order valence-electron chi connectivity index (χ3n) is 4.46. The van der Waals surface area contributed by atoms with Gasteiger partial charge >= 0.3 is 0 Å². The van der Waals surface area contributed by atoms with Crippen molar-refractivity contribution in [3.8, 4) is 0 Å². The number of aromatic nitrogens is 1. The topological polar surface area (TPSA) is 42.0 Å². The largest absolute Gasteiger partial charge is 0.310 e. The molecule has 0 aliphatic heterocycles. The van der Waals surface area contributed by atoms with E-state index in [-0.39, 0.29) is 0 Å². The van der Waals surface area contributed by atoms with Crippen molar-refractivity contribution in [1.82, 2.24) is 10.3 Å². The van der Waals surface area contributed by atoms with Crippen LogP contribution in [0.4, 0.5) is 0 Å². The van der Waals surface area contributed by atoms with Gasteiger partial charge in [0.25, 0.3) is 0 Å². The summed E-state index contributed by atoms with van der Waals surface area (Å²) in [5, 5.41) is 5.88. The lowest BCUT2D eigenvalue weighted by atomic mass is 10.0. The first-order valence-electron chi connectivity index (χ1n) is 8.82. The monoisotopic (exact) mass is 332 g/mol. The lowest BCUT2D eigenvalue weighted by molar-refractivity contribution is -0.118. The van der Waals surface area contributed by atoms with Gasteiger partial charge in [-0.2, -0.15) is 0 Å². The maximum atomic E-state index is 12.1. The number of benzene rings is 2. The zero-order valence-corrected chi connectivity index (χ0v) is 14.6. The number of Topliss-reactive ketones (excluding diaryl/α,β-unsaturated/α-hetero) is 1. The van der Waals surface area contributed by atoms with E-state index >= 15 is 0 Å². The van der Waals surface area contributed by atoms with Gasteiger partial charge in [0.1, 0.15) is 5.78 Å². The molecule has 1 atom stereocenters. The Kier molecular flexibility index (Phi) is 5.91. The van der Waals surface area contributed by atoms with Crippen LogP contribution in [0.5, 0.6) is 0 Å². The van der Waals surface area contributed by atoms with Crippen LogP contribution in [0.25, 0.3) is 10.8 Å². The second-order valence-electron chi connectivity index (χ2n) is 6.58. The quantitative estimate of drug-likeness (QED) is 0.668. The molecule has 2 aromatic carbocycles. The van der Waals surface area contributed by atoms with Crippen LogP contribution in [-0.4, -0.2) is 16.8 Å². The van der Waals surface area contributed by atoms with Crippen molar-refractivity contribution in [1.29, 1.82) is 0 Å². The summed E-state index contributed by atoms with van der Waals surface area (Å²) < 4.78 is 0. The number of fused-ring (bicyclic) bond motifs is 1. The van der Waals surface area contributed by atoms with E-state index in [2.05, 4.69) is 35.4 Å².